The van der Waals surface area contributed by atoms with Crippen molar-refractivity contribution in [2.24, 2.45) is 5.92 Å². The lowest BCUT2D eigenvalue weighted by molar-refractivity contribution is -0.140. The van der Waals surface area contributed by atoms with Crippen LogP contribution in [0.4, 0.5) is 0 Å². The quantitative estimate of drug-likeness (QED) is 0.105. The Kier molecular flexibility index (Phi) is 12.5. The highest BCUT2D eigenvalue weighted by molar-refractivity contribution is 6.90. The van der Waals surface area contributed by atoms with E-state index in [1.807, 2.05) is 0 Å². The molecule has 0 amide bonds. The lowest BCUT2D eigenvalue weighted by Gasteiger charge is -2.29. The second-order valence-corrected chi connectivity index (χ2v) is 17.3. The van der Waals surface area contributed by atoms with Gasteiger partial charge in [-0.25, -0.2) is 4.79 Å². The van der Waals surface area contributed by atoms with Crippen LogP contribution in [0.5, 0.6) is 0 Å². The number of ether oxygens (including phenoxy) is 1. The molecule has 0 aromatic heterocycles. The first-order chi connectivity index (χ1) is 18.7. The van der Waals surface area contributed by atoms with Crippen LogP contribution in [0.1, 0.15) is 102 Å². The van der Waals surface area contributed by atoms with Gasteiger partial charge in [0.1, 0.15) is 6.61 Å². The van der Waals surface area contributed by atoms with Gasteiger partial charge in [-0.2, -0.15) is 0 Å². The molecular weight excluding hydrogens is 496 g/mol. The lowest BCUT2D eigenvalue weighted by Crippen LogP contribution is -2.43. The van der Waals surface area contributed by atoms with Gasteiger partial charge in [0.25, 0.3) is 0 Å². The van der Waals surface area contributed by atoms with Crippen LogP contribution in [0.3, 0.4) is 0 Å². The summed E-state index contributed by atoms with van der Waals surface area (Å²) < 4.78 is 5.65. The number of aliphatic hydroxyl groups is 1. The second kappa shape index (κ2) is 15.6. The van der Waals surface area contributed by atoms with Crippen LogP contribution in [-0.2, 0) is 16.1 Å². The number of hydrogen-bond donors (Lipinski definition) is 1. The van der Waals surface area contributed by atoms with Gasteiger partial charge in [-0.1, -0.05) is 113 Å². The number of hydrogen-bond acceptors (Lipinski definition) is 3. The van der Waals surface area contributed by atoms with Crippen molar-refractivity contribution >= 4 is 19.2 Å². The van der Waals surface area contributed by atoms with Gasteiger partial charge in [-0.3, -0.25) is 0 Å². The molecule has 1 fully saturated rings. The van der Waals surface area contributed by atoms with Crippen molar-refractivity contribution in [1.82, 2.24) is 0 Å². The molecule has 214 valence electrons. The number of carbonyl (C=O) groups is 1. The van der Waals surface area contributed by atoms with Crippen molar-refractivity contribution in [2.45, 2.75) is 116 Å². The molecule has 2 aromatic carbocycles. The van der Waals surface area contributed by atoms with Crippen LogP contribution in [-0.4, -0.2) is 25.8 Å². The Morgan fingerprint density at radius 3 is 2.28 bits per heavy atom. The highest BCUT2D eigenvalue weighted by atomic mass is 28.3. The summed E-state index contributed by atoms with van der Waals surface area (Å²) in [6.07, 6.45) is 13.9. The molecule has 1 N–H and O–H groups in total. The van der Waals surface area contributed by atoms with Gasteiger partial charge in [0.2, 0.25) is 0 Å². The fourth-order valence-corrected chi connectivity index (χ4v) is 9.18. The zero-order valence-electron chi connectivity index (χ0n) is 25.1. The molecule has 2 aromatic rings. The Balaban J connectivity index is 1.74. The first-order valence-electron chi connectivity index (χ1n) is 15.4. The van der Waals surface area contributed by atoms with E-state index >= 15 is 0 Å². The predicted molar refractivity (Wildman–Crippen MR) is 168 cm³/mol. The molecule has 39 heavy (non-hydrogen) atoms. The first kappa shape index (κ1) is 31.4. The Labute approximate surface area is 239 Å². The summed E-state index contributed by atoms with van der Waals surface area (Å²) in [4.78, 5) is 12.2. The zero-order chi connectivity index (χ0) is 28.3. The average Bonchev–Trinajstić information content (AvgIpc) is 2.94. The number of rotatable bonds is 15. The number of carbonyl (C=O) groups excluding carboxylic acids is 1. The largest absolute Gasteiger partial charge is 0.457 e. The van der Waals surface area contributed by atoms with Gasteiger partial charge in [0.05, 0.1) is 8.07 Å². The molecule has 3 nitrogen and oxygen atoms in total. The number of benzene rings is 2. The van der Waals surface area contributed by atoms with E-state index in [-0.39, 0.29) is 19.2 Å². The van der Waals surface area contributed by atoms with Crippen LogP contribution < -0.4 is 5.19 Å². The van der Waals surface area contributed by atoms with E-state index in [0.717, 1.165) is 36.8 Å². The van der Waals surface area contributed by atoms with E-state index in [4.69, 9.17) is 9.84 Å². The molecule has 0 radical (unpaired) electrons. The second-order valence-electron chi connectivity index (χ2n) is 12.5. The third-order valence-electron chi connectivity index (χ3n) is 8.78. The van der Waals surface area contributed by atoms with Gasteiger partial charge < -0.3 is 9.84 Å². The molecule has 0 aliphatic heterocycles. The van der Waals surface area contributed by atoms with Gasteiger partial charge in [-0.15, -0.1) is 0 Å². The molecule has 1 saturated carbocycles. The molecule has 3 rings (SSSR count). The molecule has 1 aliphatic carbocycles. The molecule has 0 unspecified atom stereocenters. The molecule has 0 atom stereocenters. The number of aliphatic hydroxyl groups excluding tert-OH is 1. The van der Waals surface area contributed by atoms with Crippen LogP contribution in [0.2, 0.25) is 19.1 Å². The average molecular weight is 549 g/mol. The minimum Gasteiger partial charge on any atom is -0.457 e. The van der Waals surface area contributed by atoms with E-state index in [1.54, 1.807) is 6.92 Å². The molecule has 0 spiro atoms. The fraction of sp³-hybridized carbons (Fsp3) is 0.571. The highest BCUT2D eigenvalue weighted by Crippen LogP contribution is 2.38. The van der Waals surface area contributed by atoms with E-state index in [0.29, 0.717) is 11.5 Å². The minimum absolute atomic E-state index is 0.262. The summed E-state index contributed by atoms with van der Waals surface area (Å²) in [7, 11) is -1.74. The fourth-order valence-electron chi connectivity index (χ4n) is 6.22. The third-order valence-corrected chi connectivity index (χ3v) is 12.3. The SMILES string of the molecule is C=C(C)C(=O)OCc1cc(-c2ccc(C3CCC(CCCCC)CC3)cc2)ccc1[Si](C)(C)CCCCCO. The Bertz CT molecular complexity index is 1050. The minimum atomic E-state index is -1.74. The van der Waals surface area contributed by atoms with Crippen molar-refractivity contribution in [2.75, 3.05) is 6.61 Å². The summed E-state index contributed by atoms with van der Waals surface area (Å²) in [5.74, 6) is 1.29. The Morgan fingerprint density at radius 1 is 0.949 bits per heavy atom. The van der Waals surface area contributed by atoms with Crippen molar-refractivity contribution < 1.29 is 14.6 Å². The van der Waals surface area contributed by atoms with Crippen LogP contribution in [0.15, 0.2) is 54.6 Å². The van der Waals surface area contributed by atoms with Gasteiger partial charge >= 0.3 is 5.97 Å². The molecular formula is C35H52O3Si. The predicted octanol–water partition coefficient (Wildman–Crippen LogP) is 8.91. The summed E-state index contributed by atoms with van der Waals surface area (Å²) in [6, 6.07) is 17.2. The number of unbranched alkanes of at least 4 members (excludes halogenated alkanes) is 4. The molecule has 1 aliphatic rings. The van der Waals surface area contributed by atoms with E-state index in [1.165, 1.54) is 73.2 Å². The zero-order valence-corrected chi connectivity index (χ0v) is 26.1. The smallest absolute Gasteiger partial charge is 0.333 e. The van der Waals surface area contributed by atoms with Gasteiger partial charge in [0, 0.05) is 12.2 Å². The summed E-state index contributed by atoms with van der Waals surface area (Å²) in [6.45, 7) is 13.1. The van der Waals surface area contributed by atoms with E-state index in [2.05, 4.69) is 69.1 Å². The molecule has 4 heteroatoms. The third kappa shape index (κ3) is 9.46. The lowest BCUT2D eigenvalue weighted by atomic mass is 9.77. The van der Waals surface area contributed by atoms with Gasteiger partial charge in [-0.05, 0) is 79.2 Å². The van der Waals surface area contributed by atoms with Crippen molar-refractivity contribution in [3.63, 3.8) is 0 Å². The summed E-state index contributed by atoms with van der Waals surface area (Å²) >= 11 is 0. The Hall–Kier alpha value is -2.17. The maximum absolute atomic E-state index is 12.2. The summed E-state index contributed by atoms with van der Waals surface area (Å²) in [5, 5.41) is 10.5. The summed E-state index contributed by atoms with van der Waals surface area (Å²) in [5.41, 5.74) is 5.42. The molecule has 0 saturated heterocycles. The van der Waals surface area contributed by atoms with E-state index < -0.39 is 8.07 Å². The maximum Gasteiger partial charge on any atom is 0.333 e. The maximum atomic E-state index is 12.2. The topological polar surface area (TPSA) is 46.5 Å². The monoisotopic (exact) mass is 548 g/mol. The van der Waals surface area contributed by atoms with Crippen LogP contribution in [0.25, 0.3) is 11.1 Å². The first-order valence-corrected chi connectivity index (χ1v) is 18.6. The van der Waals surface area contributed by atoms with Crippen LogP contribution >= 0.6 is 0 Å². The normalized spacial score (nSPS) is 17.7. The van der Waals surface area contributed by atoms with E-state index in [9.17, 15) is 4.79 Å². The van der Waals surface area contributed by atoms with Crippen LogP contribution in [0, 0.1) is 5.92 Å². The van der Waals surface area contributed by atoms with Gasteiger partial charge in [0.15, 0.2) is 0 Å². The number of esters is 1. The Morgan fingerprint density at radius 2 is 1.64 bits per heavy atom. The van der Waals surface area contributed by atoms with Crippen molar-refractivity contribution in [3.05, 3.63) is 65.7 Å². The molecule has 0 heterocycles. The molecule has 0 bridgehead atoms. The highest BCUT2D eigenvalue weighted by Gasteiger charge is 2.27. The standard InChI is InChI=1S/C35H52O3Si/c1-6-7-9-12-28-13-15-29(16-14-28)30-17-19-31(20-18-30)32-21-22-34(39(4,5)24-11-8-10-23-36)33(25-32)26-38-35(37)27(2)3/h17-22,25,28-29,36H,2,6-16,23-24,26H2,1,3-5H3. The van der Waals surface area contributed by atoms with Crippen molar-refractivity contribution in [1.29, 1.82) is 0 Å². The van der Waals surface area contributed by atoms with Crippen molar-refractivity contribution in [3.8, 4) is 11.1 Å².